The van der Waals surface area contributed by atoms with E-state index in [0.717, 1.165) is 24.9 Å². The Kier molecular flexibility index (Phi) is 6.63. The summed E-state index contributed by atoms with van der Waals surface area (Å²) in [6.07, 6.45) is 1.82. The molecule has 2 aromatic heterocycles. The van der Waals surface area contributed by atoms with Gasteiger partial charge in [0.05, 0.1) is 24.4 Å². The van der Waals surface area contributed by atoms with Crippen LogP contribution in [0.1, 0.15) is 49.8 Å². The van der Waals surface area contributed by atoms with Crippen LogP contribution < -0.4 is 11.1 Å². The number of carbonyl (C=O) groups excluding carboxylic acids is 2. The molecule has 1 saturated heterocycles. The number of nitrogens with two attached hydrogens (primary N) is 1. The van der Waals surface area contributed by atoms with Gasteiger partial charge in [0, 0.05) is 12.6 Å². The average Bonchev–Trinajstić information content (AvgIpc) is 3.30. The Hall–Kier alpha value is -3.50. The zero-order valence-corrected chi connectivity index (χ0v) is 20.6. The molecule has 0 spiro atoms. The van der Waals surface area contributed by atoms with Gasteiger partial charge in [0.2, 0.25) is 5.91 Å². The van der Waals surface area contributed by atoms with Crippen molar-refractivity contribution in [3.8, 4) is 0 Å². The lowest BCUT2D eigenvalue weighted by molar-refractivity contribution is -0.126. The Labute approximate surface area is 209 Å². The van der Waals surface area contributed by atoms with Gasteiger partial charge in [-0.1, -0.05) is 36.4 Å². The molecule has 1 aliphatic carbocycles. The maximum absolute atomic E-state index is 12.8. The number of amides is 2. The Morgan fingerprint density at radius 3 is 2.64 bits per heavy atom. The van der Waals surface area contributed by atoms with Crippen molar-refractivity contribution in [2.24, 2.45) is 11.7 Å². The monoisotopic (exact) mass is 492 g/mol. The fourth-order valence-electron chi connectivity index (χ4n) is 4.60. The molecule has 1 aliphatic heterocycles. The van der Waals surface area contributed by atoms with Crippen LogP contribution in [0, 0.1) is 5.92 Å². The van der Waals surface area contributed by atoms with E-state index in [9.17, 15) is 9.59 Å². The number of hydrogen-bond donors (Lipinski definition) is 2. The Balaban J connectivity index is 1.36. The van der Waals surface area contributed by atoms with Crippen LogP contribution in [0.2, 0.25) is 0 Å². The number of pyridine rings is 1. The fourth-order valence-corrected chi connectivity index (χ4v) is 4.60. The van der Waals surface area contributed by atoms with Crippen molar-refractivity contribution in [2.75, 3.05) is 13.2 Å². The van der Waals surface area contributed by atoms with Gasteiger partial charge in [0.15, 0.2) is 11.5 Å². The van der Waals surface area contributed by atoms with Crippen molar-refractivity contribution in [3.05, 3.63) is 65.6 Å². The lowest BCUT2D eigenvalue weighted by atomic mass is 10.1. The number of benzene rings is 1. The van der Waals surface area contributed by atoms with Crippen LogP contribution in [0.5, 0.6) is 0 Å². The van der Waals surface area contributed by atoms with Crippen molar-refractivity contribution in [3.63, 3.8) is 0 Å². The molecule has 10 nitrogen and oxygen atoms in total. The van der Waals surface area contributed by atoms with E-state index in [1.54, 1.807) is 18.2 Å². The van der Waals surface area contributed by atoms with E-state index in [0.29, 0.717) is 35.7 Å². The predicted octanol–water partition coefficient (Wildman–Crippen LogP) is 2.57. The molecule has 1 aromatic carbocycles. The summed E-state index contributed by atoms with van der Waals surface area (Å²) in [7, 11) is 0. The largest absolute Gasteiger partial charge is 0.443 e. The van der Waals surface area contributed by atoms with E-state index >= 15 is 0 Å². The van der Waals surface area contributed by atoms with Crippen LogP contribution in [-0.4, -0.2) is 56.2 Å². The molecule has 0 radical (unpaired) electrons. The number of carbonyl (C=O) groups is 2. The molecule has 2 aliphatic rings. The molecular formula is C26H32N6O4. The summed E-state index contributed by atoms with van der Waals surface area (Å²) in [5.41, 5.74) is 7.24. The van der Waals surface area contributed by atoms with Gasteiger partial charge in [0.25, 0.3) is 0 Å². The van der Waals surface area contributed by atoms with Crippen LogP contribution in [0.3, 0.4) is 0 Å². The van der Waals surface area contributed by atoms with Crippen LogP contribution in [0.4, 0.5) is 4.79 Å². The van der Waals surface area contributed by atoms with Crippen molar-refractivity contribution in [2.45, 2.75) is 57.5 Å². The highest BCUT2D eigenvalue weighted by molar-refractivity contribution is 5.85. The highest BCUT2D eigenvalue weighted by Gasteiger charge is 2.49. The summed E-state index contributed by atoms with van der Waals surface area (Å²) in [6, 6.07) is 15.0. The molecule has 36 heavy (non-hydrogen) atoms. The number of nitrogens with zero attached hydrogens (tertiary/aromatic N) is 4. The van der Waals surface area contributed by atoms with Gasteiger partial charge >= 0.3 is 6.09 Å². The SMILES string of the molecule is CC(C)(N)C(=O)NC(COCc1ccccc1)c1nnc2cccc(COC(=O)N3CCC4CC43)n12. The quantitative estimate of drug-likeness (QED) is 0.470. The lowest BCUT2D eigenvalue weighted by Crippen LogP contribution is -2.51. The van der Waals surface area contributed by atoms with Gasteiger partial charge in [-0.2, -0.15) is 0 Å². The number of likely N-dealkylation sites (tertiary alicyclic amines) is 1. The molecular weight excluding hydrogens is 460 g/mol. The third-order valence-corrected chi connectivity index (χ3v) is 6.74. The summed E-state index contributed by atoms with van der Waals surface area (Å²) in [5, 5.41) is 11.6. The average molecular weight is 493 g/mol. The Morgan fingerprint density at radius 2 is 1.94 bits per heavy atom. The van der Waals surface area contributed by atoms with Crippen LogP contribution >= 0.6 is 0 Å². The molecule has 1 saturated carbocycles. The number of ether oxygens (including phenoxy) is 2. The number of aromatic nitrogens is 3. The molecule has 5 rings (SSSR count). The first-order valence-corrected chi connectivity index (χ1v) is 12.3. The highest BCUT2D eigenvalue weighted by Crippen LogP contribution is 2.44. The van der Waals surface area contributed by atoms with E-state index < -0.39 is 11.6 Å². The van der Waals surface area contributed by atoms with Gasteiger partial charge in [0.1, 0.15) is 12.6 Å². The van der Waals surface area contributed by atoms with Gasteiger partial charge in [-0.25, -0.2) is 4.79 Å². The van der Waals surface area contributed by atoms with Gasteiger partial charge < -0.3 is 25.4 Å². The van der Waals surface area contributed by atoms with Gasteiger partial charge in [-0.15, -0.1) is 10.2 Å². The Bertz CT molecular complexity index is 1240. The molecule has 3 aromatic rings. The topological polar surface area (TPSA) is 124 Å². The number of nitrogens with one attached hydrogen (secondary N) is 1. The molecule has 3 unspecified atom stereocenters. The van der Waals surface area contributed by atoms with E-state index in [1.807, 2.05) is 53.4 Å². The zero-order chi connectivity index (χ0) is 25.3. The maximum atomic E-state index is 12.8. The number of rotatable bonds is 9. The van der Waals surface area contributed by atoms with E-state index in [2.05, 4.69) is 15.5 Å². The molecule has 3 atom stereocenters. The summed E-state index contributed by atoms with van der Waals surface area (Å²) < 4.78 is 13.4. The second-order valence-electron chi connectivity index (χ2n) is 10.1. The van der Waals surface area contributed by atoms with Gasteiger partial charge in [-0.05, 0) is 50.3 Å². The van der Waals surface area contributed by atoms with Crippen molar-refractivity contribution in [1.29, 1.82) is 0 Å². The third-order valence-electron chi connectivity index (χ3n) is 6.74. The van der Waals surface area contributed by atoms with E-state index in [1.165, 1.54) is 0 Å². The molecule has 190 valence electrons. The lowest BCUT2D eigenvalue weighted by Gasteiger charge is -2.24. The smallest absolute Gasteiger partial charge is 0.410 e. The first kappa shape index (κ1) is 24.2. The van der Waals surface area contributed by atoms with E-state index in [4.69, 9.17) is 15.2 Å². The van der Waals surface area contributed by atoms with Crippen molar-refractivity contribution >= 4 is 17.6 Å². The molecule has 0 bridgehead atoms. The molecule has 3 N–H and O–H groups in total. The van der Waals surface area contributed by atoms with Crippen molar-refractivity contribution < 1.29 is 19.1 Å². The second-order valence-corrected chi connectivity index (χ2v) is 10.1. The van der Waals surface area contributed by atoms with Crippen LogP contribution in [0.25, 0.3) is 5.65 Å². The first-order chi connectivity index (χ1) is 17.3. The highest BCUT2D eigenvalue weighted by atomic mass is 16.6. The summed E-state index contributed by atoms with van der Waals surface area (Å²) in [4.78, 5) is 27.3. The number of fused-ring (bicyclic) bond motifs is 2. The van der Waals surface area contributed by atoms with Crippen LogP contribution in [-0.2, 0) is 27.5 Å². The van der Waals surface area contributed by atoms with Crippen LogP contribution in [0.15, 0.2) is 48.5 Å². The minimum atomic E-state index is -1.09. The minimum absolute atomic E-state index is 0.0586. The van der Waals surface area contributed by atoms with Crippen molar-refractivity contribution in [1.82, 2.24) is 24.8 Å². The standard InChI is InChI=1S/C26H32N6O4/c1-26(2,27)24(33)28-20(16-35-14-17-7-4-3-5-8-17)23-30-29-22-10-6-9-19(32(22)23)15-36-25(34)31-12-11-18-13-21(18)31/h3-10,18,20-21H,11-16,27H2,1-2H3,(H,28,33). The minimum Gasteiger partial charge on any atom is -0.443 e. The third kappa shape index (κ3) is 5.19. The molecule has 3 heterocycles. The summed E-state index contributed by atoms with van der Waals surface area (Å²) >= 11 is 0. The van der Waals surface area contributed by atoms with E-state index in [-0.39, 0.29) is 25.2 Å². The number of piperidine rings is 1. The summed E-state index contributed by atoms with van der Waals surface area (Å²) in [6.45, 7) is 4.61. The molecule has 2 fully saturated rings. The summed E-state index contributed by atoms with van der Waals surface area (Å²) in [5.74, 6) is 0.771. The second kappa shape index (κ2) is 9.87. The maximum Gasteiger partial charge on any atom is 0.410 e. The molecule has 10 heteroatoms. The fraction of sp³-hybridized carbons (Fsp3) is 0.462. The first-order valence-electron chi connectivity index (χ1n) is 12.3. The molecule has 2 amide bonds. The normalized spacial score (nSPS) is 19.7. The predicted molar refractivity (Wildman–Crippen MR) is 132 cm³/mol. The Morgan fingerprint density at radius 1 is 1.14 bits per heavy atom. The van der Waals surface area contributed by atoms with Gasteiger partial charge in [-0.3, -0.25) is 9.20 Å². The number of hydrogen-bond acceptors (Lipinski definition) is 7. The zero-order valence-electron chi connectivity index (χ0n) is 20.6.